The number of ketones is 2. The molecular formula is C62H98N4O16. The zero-order chi connectivity index (χ0) is 61.3. The highest BCUT2D eigenvalue weighted by atomic mass is 16.6. The summed E-state index contributed by atoms with van der Waals surface area (Å²) in [7, 11) is 2.61. The minimum absolute atomic E-state index is 0.0123. The lowest BCUT2D eigenvalue weighted by Crippen LogP contribution is -2.48. The Morgan fingerprint density at radius 1 is 0.598 bits per heavy atom. The molecule has 5 rings (SSSR count). The molecule has 10 atom stereocenters. The van der Waals surface area contributed by atoms with Crippen molar-refractivity contribution in [2.45, 2.75) is 189 Å². The van der Waals surface area contributed by atoms with Gasteiger partial charge in [0, 0.05) is 57.5 Å². The van der Waals surface area contributed by atoms with Gasteiger partial charge in [-0.05, 0) is 140 Å². The van der Waals surface area contributed by atoms with Crippen molar-refractivity contribution in [2.75, 3.05) is 53.6 Å². The number of nitrogens with zero attached hydrogens (tertiary/aromatic N) is 2. The number of alkyl carbamates (subject to hydrolysis) is 1. The summed E-state index contributed by atoms with van der Waals surface area (Å²) in [5.41, 5.74) is 4.90. The normalized spacial score (nSPS) is 22.3. The van der Waals surface area contributed by atoms with Gasteiger partial charge in [0.15, 0.2) is 11.6 Å². The van der Waals surface area contributed by atoms with Gasteiger partial charge in [-0.2, -0.15) is 0 Å². The second kappa shape index (κ2) is 30.9. The first-order chi connectivity index (χ1) is 38.5. The first-order valence-corrected chi connectivity index (χ1v) is 29.6. The topological polar surface area (TPSA) is 285 Å². The van der Waals surface area contributed by atoms with Crippen LogP contribution in [-0.4, -0.2) is 150 Å². The van der Waals surface area contributed by atoms with E-state index in [9.17, 15) is 53.4 Å². The number of piperidine rings is 2. The summed E-state index contributed by atoms with van der Waals surface area (Å²) >= 11 is 0. The summed E-state index contributed by atoms with van der Waals surface area (Å²) in [6.07, 6.45) is 4.02. The van der Waals surface area contributed by atoms with Gasteiger partial charge in [0.1, 0.15) is 17.8 Å². The van der Waals surface area contributed by atoms with E-state index >= 15 is 0 Å². The van der Waals surface area contributed by atoms with Gasteiger partial charge in [-0.25, -0.2) is 4.79 Å². The lowest BCUT2D eigenvalue weighted by molar-refractivity contribution is -0.159. The maximum atomic E-state index is 13.9. The predicted octanol–water partition coefficient (Wildman–Crippen LogP) is 6.90. The number of hydrogen-bond donors (Lipinski definition) is 4. The number of Topliss-reactive ketones (excluding diaryl/α,β-unsaturated/α-hetero) is 2. The Morgan fingerprint density at radius 2 is 1.00 bits per heavy atom. The number of rotatable bonds is 31. The molecule has 0 spiro atoms. The third-order valence-electron chi connectivity index (χ3n) is 16.9. The number of unbranched alkanes of at least 4 members (excludes halogenated alkanes) is 2. The van der Waals surface area contributed by atoms with Crippen LogP contribution in [0.5, 0.6) is 0 Å². The molecule has 2 saturated heterocycles. The molecule has 1 aromatic rings. The molecule has 2 aliphatic heterocycles. The first kappa shape index (κ1) is 69.0. The number of aliphatic hydroxyl groups excluding tert-OH is 2. The average molecular weight is 1160 g/mol. The maximum absolute atomic E-state index is 13.9. The summed E-state index contributed by atoms with van der Waals surface area (Å²) < 4.78 is 26.1. The predicted molar refractivity (Wildman–Crippen MR) is 305 cm³/mol. The number of methoxy groups -OCH3 is 2. The number of fused-ring (bicyclic) bond motifs is 2. The molecule has 1 aromatic carbocycles. The molecule has 3 amide bonds. The zero-order valence-electron chi connectivity index (χ0n) is 51.1. The Kier molecular flexibility index (Phi) is 26.0. The Morgan fingerprint density at radius 3 is 1.38 bits per heavy atom. The number of amides is 3. The summed E-state index contributed by atoms with van der Waals surface area (Å²) in [5.74, 6) is -5.08. The van der Waals surface area contributed by atoms with Crippen molar-refractivity contribution >= 4 is 53.4 Å². The molecule has 0 aromatic heterocycles. The number of nitrogens with two attached hydrogens (primary N) is 1. The van der Waals surface area contributed by atoms with Crippen LogP contribution in [0.3, 0.4) is 0 Å². The number of benzene rings is 1. The Labute approximate surface area is 486 Å². The number of esters is 4. The molecule has 4 fully saturated rings. The van der Waals surface area contributed by atoms with Crippen LogP contribution < -0.4 is 11.1 Å². The molecule has 0 radical (unpaired) electrons. The third-order valence-corrected chi connectivity index (χ3v) is 16.9. The molecule has 20 nitrogen and oxygen atoms in total. The molecule has 4 aliphatic rings. The zero-order valence-corrected chi connectivity index (χ0v) is 51.1. The molecule has 2 saturated carbocycles. The van der Waals surface area contributed by atoms with E-state index in [1.54, 1.807) is 51.3 Å². The number of hydrogen-bond acceptors (Lipinski definition) is 17. The standard InChI is InChI=1S/C35H52N2O9.C27H46N2O7/c1-34(2,3)46-28(40)20-24(16-12-18-38)31(41)37-21-26-29(35(26,4)5)30(37)27(39)19-25(32(42)44-6)15-10-11-17-36-33(43)45-22-23-13-8-7-9-14-23;1-26(2,3)36-21(32)15-17(11-9-13-30)24(33)29-16-19-22(27(19,4)5)23(29)20(31)14-18(25(34)35-6)10-7-8-12-28/h7-9,13-14,24-26,29-30,38H,10-12,15-22H2,1-6H3,(H,36,43);17-19,22-23,30H,7-16,28H2,1-6H3/t24-,25?,26?,29+,30-;17-,18?,19?,22+,23-/m11/s1. The maximum Gasteiger partial charge on any atom is 0.407 e. The average Bonchev–Trinajstić information content (AvgIpc) is 2.09. The third kappa shape index (κ3) is 19.8. The number of aliphatic hydroxyl groups is 2. The highest BCUT2D eigenvalue weighted by Gasteiger charge is 2.70. The number of ether oxygens (including phenoxy) is 5. The van der Waals surface area contributed by atoms with Gasteiger partial charge in [0.25, 0.3) is 0 Å². The molecule has 5 N–H and O–H groups in total. The van der Waals surface area contributed by atoms with E-state index in [-0.39, 0.29) is 103 Å². The summed E-state index contributed by atoms with van der Waals surface area (Å²) in [4.78, 5) is 121. The Hall–Kier alpha value is -5.47. The van der Waals surface area contributed by atoms with Crippen LogP contribution in [0.4, 0.5) is 4.79 Å². The van der Waals surface area contributed by atoms with E-state index in [1.807, 2.05) is 30.3 Å². The van der Waals surface area contributed by atoms with Crippen LogP contribution in [0.2, 0.25) is 0 Å². The fraction of sp³-hybridized carbons (Fsp3) is 0.758. The monoisotopic (exact) mass is 1150 g/mol. The van der Waals surface area contributed by atoms with Crippen molar-refractivity contribution in [3.05, 3.63) is 35.9 Å². The molecular weight excluding hydrogens is 1060 g/mol. The van der Waals surface area contributed by atoms with Crippen molar-refractivity contribution in [1.29, 1.82) is 0 Å². The van der Waals surface area contributed by atoms with Crippen molar-refractivity contribution in [3.63, 3.8) is 0 Å². The Balaban J connectivity index is 0.000000363. The minimum Gasteiger partial charge on any atom is -0.469 e. The molecule has 2 aliphatic carbocycles. The van der Waals surface area contributed by atoms with Crippen LogP contribution in [0.1, 0.15) is 165 Å². The van der Waals surface area contributed by atoms with Crippen molar-refractivity contribution in [2.24, 2.45) is 63.9 Å². The smallest absolute Gasteiger partial charge is 0.407 e. The SMILES string of the molecule is COC(=O)C(CCCCN)CC(=O)[C@@H]1[C@@H]2C(CN1C(=O)[C@H](CCCO)CC(=O)OC(C)(C)C)C2(C)C.COC(=O)C(CCCCNC(=O)OCc1ccccc1)CC(=O)[C@@H]1[C@@H]2C(CN1C(=O)[C@H](CCCO)CC(=O)OC(C)(C)C)C2(C)C. The van der Waals surface area contributed by atoms with Crippen LogP contribution >= 0.6 is 0 Å². The summed E-state index contributed by atoms with van der Waals surface area (Å²) in [5, 5.41) is 21.5. The van der Waals surface area contributed by atoms with E-state index < -0.39 is 76.9 Å². The molecule has 4 unspecified atom stereocenters. The summed E-state index contributed by atoms with van der Waals surface area (Å²) in [6.45, 7) is 20.6. The number of nitrogens with one attached hydrogen (secondary N) is 1. The van der Waals surface area contributed by atoms with E-state index in [2.05, 4.69) is 33.0 Å². The highest BCUT2D eigenvalue weighted by molar-refractivity contribution is 5.95. The fourth-order valence-electron chi connectivity index (χ4n) is 12.4. The largest absolute Gasteiger partial charge is 0.469 e. The lowest BCUT2D eigenvalue weighted by Gasteiger charge is -2.33. The van der Waals surface area contributed by atoms with Gasteiger partial charge in [-0.1, -0.05) is 70.9 Å². The van der Waals surface area contributed by atoms with Gasteiger partial charge < -0.3 is 54.7 Å². The van der Waals surface area contributed by atoms with Crippen LogP contribution in [0.25, 0.3) is 0 Å². The van der Waals surface area contributed by atoms with Gasteiger partial charge in [0.2, 0.25) is 11.8 Å². The second-order valence-corrected chi connectivity index (χ2v) is 26.0. The van der Waals surface area contributed by atoms with Gasteiger partial charge in [0.05, 0.1) is 51.0 Å². The lowest BCUT2D eigenvalue weighted by atomic mass is 9.89. The van der Waals surface area contributed by atoms with Crippen molar-refractivity contribution < 1.29 is 77.0 Å². The number of likely N-dealkylation sites (tertiary alicyclic amines) is 2. The fourth-order valence-corrected chi connectivity index (χ4v) is 12.4. The van der Waals surface area contributed by atoms with Crippen molar-refractivity contribution in [3.8, 4) is 0 Å². The van der Waals surface area contributed by atoms with E-state index in [1.165, 1.54) is 14.2 Å². The van der Waals surface area contributed by atoms with Crippen LogP contribution in [0, 0.1) is 58.2 Å². The van der Waals surface area contributed by atoms with Gasteiger partial charge >= 0.3 is 30.0 Å². The van der Waals surface area contributed by atoms with E-state index in [0.717, 1.165) is 12.0 Å². The highest BCUT2D eigenvalue weighted by Crippen LogP contribution is 2.66. The number of carbonyl (C=O) groups excluding carboxylic acids is 9. The van der Waals surface area contributed by atoms with Crippen LogP contribution in [-0.2, 0) is 68.6 Å². The van der Waals surface area contributed by atoms with Crippen molar-refractivity contribution in [1.82, 2.24) is 15.1 Å². The second-order valence-electron chi connectivity index (χ2n) is 26.0. The first-order valence-electron chi connectivity index (χ1n) is 29.6. The van der Waals surface area contributed by atoms with E-state index in [0.29, 0.717) is 84.0 Å². The minimum atomic E-state index is -0.721. The molecule has 2 heterocycles. The molecule has 82 heavy (non-hydrogen) atoms. The van der Waals surface area contributed by atoms with Crippen LogP contribution in [0.15, 0.2) is 30.3 Å². The number of carbonyl (C=O) groups is 9. The quantitative estimate of drug-likeness (QED) is 0.0334. The molecule has 20 heteroatoms. The molecule has 462 valence electrons. The molecule has 0 bridgehead atoms. The van der Waals surface area contributed by atoms with Gasteiger partial charge in [-0.3, -0.25) is 38.4 Å². The summed E-state index contributed by atoms with van der Waals surface area (Å²) in [6, 6.07) is 8.03. The Bertz CT molecular complexity index is 2330. The van der Waals surface area contributed by atoms with E-state index in [4.69, 9.17) is 29.4 Å². The van der Waals surface area contributed by atoms with Gasteiger partial charge in [-0.15, -0.1) is 0 Å².